The zero-order chi connectivity index (χ0) is 29.1. The van der Waals surface area contributed by atoms with E-state index in [-0.39, 0.29) is 29.5 Å². The predicted molar refractivity (Wildman–Crippen MR) is 142 cm³/mol. The summed E-state index contributed by atoms with van der Waals surface area (Å²) >= 11 is 0. The number of ether oxygens (including phenoxy) is 2. The zero-order valence-corrected chi connectivity index (χ0v) is 22.8. The number of anilines is 1. The summed E-state index contributed by atoms with van der Waals surface area (Å²) in [4.78, 5) is 27.8. The Morgan fingerprint density at radius 1 is 1.15 bits per heavy atom. The normalized spacial score (nSPS) is 25.1. The highest BCUT2D eigenvalue weighted by Gasteiger charge is 2.71. The lowest BCUT2D eigenvalue weighted by Crippen LogP contribution is -2.39. The molecule has 0 spiro atoms. The molecule has 3 atom stereocenters. The third kappa shape index (κ3) is 4.65. The summed E-state index contributed by atoms with van der Waals surface area (Å²) in [6.07, 6.45) is 1.66. The second-order valence-electron chi connectivity index (χ2n) is 11.7. The van der Waals surface area contributed by atoms with Crippen LogP contribution in [-0.4, -0.2) is 63.4 Å². The molecular formula is C29H28F2N6O4. The van der Waals surface area contributed by atoms with Crippen LogP contribution in [-0.2, 0) is 21.4 Å². The molecule has 1 aliphatic carbocycles. The van der Waals surface area contributed by atoms with Crippen molar-refractivity contribution in [2.75, 3.05) is 24.5 Å². The number of aromatic nitrogens is 3. The van der Waals surface area contributed by atoms with Crippen LogP contribution >= 0.6 is 0 Å². The second kappa shape index (κ2) is 9.54. The molecule has 2 unspecified atom stereocenters. The van der Waals surface area contributed by atoms with Gasteiger partial charge in [-0.15, -0.1) is 5.10 Å². The third-order valence-corrected chi connectivity index (χ3v) is 7.94. The minimum absolute atomic E-state index is 0.157. The van der Waals surface area contributed by atoms with Crippen molar-refractivity contribution in [2.24, 2.45) is 11.8 Å². The summed E-state index contributed by atoms with van der Waals surface area (Å²) in [5.41, 5.74) is -0.648. The molecule has 3 heterocycles. The average Bonchev–Trinajstić information content (AvgIpc) is 3.42. The maximum atomic E-state index is 15.5. The summed E-state index contributed by atoms with van der Waals surface area (Å²) in [6.45, 7) is 6.50. The largest absolute Gasteiger partial charge is 0.444 e. The summed E-state index contributed by atoms with van der Waals surface area (Å²) < 4.78 is 43.1. The molecule has 2 amide bonds. The van der Waals surface area contributed by atoms with Crippen molar-refractivity contribution in [3.05, 3.63) is 66.0 Å². The minimum atomic E-state index is -1.04. The van der Waals surface area contributed by atoms with Crippen LogP contribution in [0.2, 0.25) is 0 Å². The maximum absolute atomic E-state index is 15.5. The Morgan fingerprint density at radius 2 is 1.90 bits per heavy atom. The predicted octanol–water partition coefficient (Wildman–Crippen LogP) is 4.51. The molecule has 3 aromatic rings. The van der Waals surface area contributed by atoms with E-state index in [0.29, 0.717) is 30.9 Å². The number of carbonyl (C=O) groups is 2. The third-order valence-electron chi connectivity index (χ3n) is 7.94. The van der Waals surface area contributed by atoms with Gasteiger partial charge in [0.1, 0.15) is 23.3 Å². The molecule has 1 saturated carbocycles. The molecule has 3 fully saturated rings. The summed E-state index contributed by atoms with van der Waals surface area (Å²) in [5, 5.41) is 17.7. The Kier molecular flexibility index (Phi) is 6.21. The van der Waals surface area contributed by atoms with Crippen LogP contribution in [0.15, 0.2) is 48.8 Å². The first-order chi connectivity index (χ1) is 19.5. The Balaban J connectivity index is 1.16. The van der Waals surface area contributed by atoms with E-state index in [9.17, 15) is 14.9 Å². The maximum Gasteiger partial charge on any atom is 0.414 e. The number of likely N-dealkylation sites (tertiary alicyclic amines) is 1. The molecule has 0 bridgehead atoms. The standard InChI is InChI=1S/C29H28F2N6O4/c1-28(2,3)41-26(38)35-14-22-23(15-35)29(22,16-32)21-7-4-17(10-25(21)31)20-6-5-18(11-24(20)30)37-13-19(40-27(37)39)12-36-9-8-33-34-36/h4-11,19,22-23H,12-15H2,1-3H3/t19-,22?,23?,29?/m0/s1. The highest BCUT2D eigenvalue weighted by atomic mass is 19.1. The molecule has 1 aromatic heterocycles. The molecule has 0 radical (unpaired) electrons. The number of nitrogens with zero attached hydrogens (tertiary/aromatic N) is 6. The van der Waals surface area contributed by atoms with Crippen LogP contribution < -0.4 is 4.90 Å². The van der Waals surface area contributed by atoms with E-state index in [4.69, 9.17) is 9.47 Å². The number of hydrogen-bond acceptors (Lipinski definition) is 7. The monoisotopic (exact) mass is 562 g/mol. The van der Waals surface area contributed by atoms with Crippen LogP contribution in [0, 0.1) is 34.8 Å². The Hall–Kier alpha value is -4.53. The van der Waals surface area contributed by atoms with E-state index >= 15 is 8.78 Å². The van der Waals surface area contributed by atoms with Gasteiger partial charge >= 0.3 is 12.2 Å². The molecule has 0 N–H and O–H groups in total. The lowest BCUT2D eigenvalue weighted by atomic mass is 9.89. The van der Waals surface area contributed by atoms with E-state index in [2.05, 4.69) is 16.4 Å². The van der Waals surface area contributed by atoms with Crippen molar-refractivity contribution in [3.8, 4) is 17.2 Å². The van der Waals surface area contributed by atoms with Crippen molar-refractivity contribution in [2.45, 2.75) is 44.4 Å². The first kappa shape index (κ1) is 26.7. The molecule has 41 heavy (non-hydrogen) atoms. The fourth-order valence-electron chi connectivity index (χ4n) is 6.02. The van der Waals surface area contributed by atoms with E-state index in [1.54, 1.807) is 48.7 Å². The molecule has 2 aliphatic heterocycles. The van der Waals surface area contributed by atoms with Crippen molar-refractivity contribution >= 4 is 17.9 Å². The van der Waals surface area contributed by atoms with Gasteiger partial charge in [-0.25, -0.2) is 23.1 Å². The van der Waals surface area contributed by atoms with Crippen molar-refractivity contribution in [1.29, 1.82) is 5.26 Å². The summed E-state index contributed by atoms with van der Waals surface area (Å²) in [7, 11) is 0. The van der Waals surface area contributed by atoms with Crippen molar-refractivity contribution < 1.29 is 27.8 Å². The smallest absolute Gasteiger partial charge is 0.414 e. The molecule has 6 rings (SSSR count). The number of benzene rings is 2. The first-order valence-corrected chi connectivity index (χ1v) is 13.3. The molecule has 3 aliphatic rings. The van der Waals surface area contributed by atoms with Gasteiger partial charge in [0.05, 0.1) is 36.5 Å². The van der Waals surface area contributed by atoms with Crippen LogP contribution in [0.5, 0.6) is 0 Å². The van der Waals surface area contributed by atoms with E-state index < -0.39 is 40.9 Å². The number of nitriles is 1. The van der Waals surface area contributed by atoms with Crippen LogP contribution in [0.4, 0.5) is 24.1 Å². The molecular weight excluding hydrogens is 534 g/mol. The number of piperidine rings is 1. The van der Waals surface area contributed by atoms with Crippen molar-refractivity contribution in [1.82, 2.24) is 19.9 Å². The lowest BCUT2D eigenvalue weighted by Gasteiger charge is -2.27. The topological polar surface area (TPSA) is 114 Å². The van der Waals surface area contributed by atoms with Crippen LogP contribution in [0.25, 0.3) is 11.1 Å². The highest BCUT2D eigenvalue weighted by molar-refractivity contribution is 5.90. The quantitative estimate of drug-likeness (QED) is 0.450. The number of carbonyl (C=O) groups excluding carboxylic acids is 2. The Labute approximate surface area is 235 Å². The van der Waals surface area contributed by atoms with E-state index in [1.807, 2.05) is 0 Å². The Morgan fingerprint density at radius 3 is 2.51 bits per heavy atom. The van der Waals surface area contributed by atoms with Crippen LogP contribution in [0.3, 0.4) is 0 Å². The molecule has 212 valence electrons. The van der Waals surface area contributed by atoms with Gasteiger partial charge in [0, 0.05) is 42.2 Å². The number of rotatable bonds is 5. The molecule has 2 aromatic carbocycles. The number of amides is 2. The number of cyclic esters (lactones) is 1. The summed E-state index contributed by atoms with van der Waals surface area (Å²) in [5.74, 6) is -1.65. The molecule has 10 nitrogen and oxygen atoms in total. The van der Waals surface area contributed by atoms with Gasteiger partial charge in [-0.3, -0.25) is 4.90 Å². The first-order valence-electron chi connectivity index (χ1n) is 13.3. The summed E-state index contributed by atoms with van der Waals surface area (Å²) in [6, 6.07) is 10.9. The Bertz CT molecular complexity index is 1550. The number of halogens is 2. The van der Waals surface area contributed by atoms with Gasteiger partial charge in [-0.2, -0.15) is 5.26 Å². The van der Waals surface area contributed by atoms with Crippen molar-refractivity contribution in [3.63, 3.8) is 0 Å². The van der Waals surface area contributed by atoms with Gasteiger partial charge in [-0.05, 0) is 50.6 Å². The van der Waals surface area contributed by atoms with Gasteiger partial charge in [0.2, 0.25) is 0 Å². The lowest BCUT2D eigenvalue weighted by molar-refractivity contribution is 0.0265. The van der Waals surface area contributed by atoms with E-state index in [1.165, 1.54) is 35.4 Å². The average molecular weight is 563 g/mol. The fourth-order valence-corrected chi connectivity index (χ4v) is 6.02. The van der Waals surface area contributed by atoms with Crippen LogP contribution in [0.1, 0.15) is 26.3 Å². The van der Waals surface area contributed by atoms with Gasteiger partial charge in [0.25, 0.3) is 0 Å². The number of fused-ring (bicyclic) bond motifs is 1. The second-order valence-corrected chi connectivity index (χ2v) is 11.7. The molecule has 2 saturated heterocycles. The SMILES string of the molecule is CC(C)(C)OC(=O)N1CC2C(C1)C2(C#N)c1ccc(-c2ccc(N3C[C@H](Cn4ccnn4)OC3=O)cc2F)cc1F. The number of hydrogen-bond donors (Lipinski definition) is 0. The highest BCUT2D eigenvalue weighted by Crippen LogP contribution is 2.63. The molecule has 12 heteroatoms. The minimum Gasteiger partial charge on any atom is -0.444 e. The fraction of sp³-hybridized carbons (Fsp3) is 0.414. The van der Waals surface area contributed by atoms with E-state index in [0.717, 1.165) is 0 Å². The van der Waals surface area contributed by atoms with Gasteiger partial charge in [-0.1, -0.05) is 17.3 Å². The zero-order valence-electron chi connectivity index (χ0n) is 22.8. The van der Waals surface area contributed by atoms with Gasteiger partial charge < -0.3 is 14.4 Å². The van der Waals surface area contributed by atoms with Gasteiger partial charge in [0.15, 0.2) is 0 Å².